The largest absolute Gasteiger partial charge is 0.378 e. The molecule has 1 heterocycles. The van der Waals surface area contributed by atoms with Gasteiger partial charge in [-0.1, -0.05) is 6.07 Å². The molecule has 0 amide bonds. The van der Waals surface area contributed by atoms with Crippen LogP contribution >= 0.6 is 0 Å². The van der Waals surface area contributed by atoms with Gasteiger partial charge in [-0.2, -0.15) is 0 Å². The molecule has 1 aromatic rings. The van der Waals surface area contributed by atoms with Crippen LogP contribution in [0.2, 0.25) is 0 Å². The SMILES string of the molecule is CC1(C)COCCN1Cc1cc(F)ccc1CN. The molecule has 0 aromatic heterocycles. The van der Waals surface area contributed by atoms with E-state index in [1.165, 1.54) is 6.07 Å². The first-order valence-electron chi connectivity index (χ1n) is 6.33. The van der Waals surface area contributed by atoms with E-state index in [-0.39, 0.29) is 11.4 Å². The van der Waals surface area contributed by atoms with Crippen molar-refractivity contribution in [1.82, 2.24) is 4.90 Å². The van der Waals surface area contributed by atoms with Gasteiger partial charge in [0.25, 0.3) is 0 Å². The summed E-state index contributed by atoms with van der Waals surface area (Å²) in [5.74, 6) is -0.201. The van der Waals surface area contributed by atoms with E-state index < -0.39 is 0 Å². The first kappa shape index (κ1) is 13.5. The smallest absolute Gasteiger partial charge is 0.123 e. The normalized spacial score (nSPS) is 20.0. The van der Waals surface area contributed by atoms with E-state index in [0.717, 1.165) is 30.8 Å². The van der Waals surface area contributed by atoms with Gasteiger partial charge in [0, 0.05) is 25.2 Å². The van der Waals surface area contributed by atoms with Crippen LogP contribution in [0, 0.1) is 5.82 Å². The number of hydrogen-bond acceptors (Lipinski definition) is 3. The topological polar surface area (TPSA) is 38.5 Å². The Labute approximate surface area is 108 Å². The molecule has 1 saturated heterocycles. The Morgan fingerprint density at radius 2 is 2.17 bits per heavy atom. The fourth-order valence-electron chi connectivity index (χ4n) is 2.33. The summed E-state index contributed by atoms with van der Waals surface area (Å²) < 4.78 is 18.8. The van der Waals surface area contributed by atoms with Crippen LogP contribution in [0.5, 0.6) is 0 Å². The van der Waals surface area contributed by atoms with Crippen LogP contribution in [0.1, 0.15) is 25.0 Å². The summed E-state index contributed by atoms with van der Waals surface area (Å²) in [5.41, 5.74) is 7.68. The molecule has 0 saturated carbocycles. The number of nitrogens with zero attached hydrogens (tertiary/aromatic N) is 1. The second-order valence-corrected chi connectivity index (χ2v) is 5.40. The molecular weight excluding hydrogens is 231 g/mol. The first-order chi connectivity index (χ1) is 8.53. The number of hydrogen-bond donors (Lipinski definition) is 1. The van der Waals surface area contributed by atoms with Crippen molar-refractivity contribution < 1.29 is 9.13 Å². The number of morpholine rings is 1. The lowest BCUT2D eigenvalue weighted by molar-refractivity contribution is -0.0554. The van der Waals surface area contributed by atoms with Gasteiger partial charge in [-0.15, -0.1) is 0 Å². The average molecular weight is 252 g/mol. The van der Waals surface area contributed by atoms with Gasteiger partial charge >= 0.3 is 0 Å². The van der Waals surface area contributed by atoms with E-state index in [9.17, 15) is 4.39 Å². The first-order valence-corrected chi connectivity index (χ1v) is 6.33. The molecule has 0 radical (unpaired) electrons. The van der Waals surface area contributed by atoms with Crippen LogP contribution < -0.4 is 5.73 Å². The van der Waals surface area contributed by atoms with Crippen LogP contribution in [0.15, 0.2) is 18.2 Å². The van der Waals surface area contributed by atoms with Crippen molar-refractivity contribution in [2.45, 2.75) is 32.5 Å². The Morgan fingerprint density at radius 3 is 2.83 bits per heavy atom. The molecule has 2 N–H and O–H groups in total. The molecular formula is C14H21FN2O. The predicted octanol–water partition coefficient (Wildman–Crippen LogP) is 1.90. The van der Waals surface area contributed by atoms with E-state index >= 15 is 0 Å². The van der Waals surface area contributed by atoms with Crippen molar-refractivity contribution >= 4 is 0 Å². The van der Waals surface area contributed by atoms with Crippen molar-refractivity contribution in [2.24, 2.45) is 5.73 Å². The van der Waals surface area contributed by atoms with E-state index in [2.05, 4.69) is 18.7 Å². The Balaban J connectivity index is 2.19. The molecule has 1 aromatic carbocycles. The lowest BCUT2D eigenvalue weighted by atomic mass is 9.99. The number of nitrogens with two attached hydrogens (primary N) is 1. The summed E-state index contributed by atoms with van der Waals surface area (Å²) in [6.07, 6.45) is 0. The van der Waals surface area contributed by atoms with Gasteiger partial charge in [0.15, 0.2) is 0 Å². The molecule has 4 heteroatoms. The molecule has 0 bridgehead atoms. The number of benzene rings is 1. The molecule has 0 atom stereocenters. The number of halogens is 1. The summed E-state index contributed by atoms with van der Waals surface area (Å²) in [6.45, 7) is 7.77. The second kappa shape index (κ2) is 5.34. The monoisotopic (exact) mass is 252 g/mol. The van der Waals surface area contributed by atoms with Gasteiger partial charge in [-0.3, -0.25) is 4.90 Å². The van der Waals surface area contributed by atoms with E-state index in [0.29, 0.717) is 13.2 Å². The molecule has 1 aliphatic heterocycles. The van der Waals surface area contributed by atoms with Gasteiger partial charge in [0.2, 0.25) is 0 Å². The third kappa shape index (κ3) is 2.88. The molecule has 0 aliphatic carbocycles. The third-order valence-corrected chi connectivity index (χ3v) is 3.57. The average Bonchev–Trinajstić information content (AvgIpc) is 2.32. The third-order valence-electron chi connectivity index (χ3n) is 3.57. The minimum Gasteiger partial charge on any atom is -0.378 e. The fourth-order valence-corrected chi connectivity index (χ4v) is 2.33. The molecule has 3 nitrogen and oxygen atoms in total. The van der Waals surface area contributed by atoms with Crippen molar-refractivity contribution in [3.8, 4) is 0 Å². The van der Waals surface area contributed by atoms with Crippen molar-refractivity contribution in [3.63, 3.8) is 0 Å². The minimum absolute atomic E-state index is 0.0174. The zero-order valence-corrected chi connectivity index (χ0v) is 11.1. The molecule has 100 valence electrons. The molecule has 1 fully saturated rings. The number of rotatable bonds is 3. The van der Waals surface area contributed by atoms with Crippen LogP contribution in [-0.2, 0) is 17.8 Å². The van der Waals surface area contributed by atoms with E-state index in [1.54, 1.807) is 12.1 Å². The van der Waals surface area contributed by atoms with E-state index in [4.69, 9.17) is 10.5 Å². The highest BCUT2D eigenvalue weighted by atomic mass is 19.1. The van der Waals surface area contributed by atoms with Crippen LogP contribution in [-0.4, -0.2) is 30.2 Å². The van der Waals surface area contributed by atoms with Gasteiger partial charge in [-0.25, -0.2) is 4.39 Å². The Morgan fingerprint density at radius 1 is 1.39 bits per heavy atom. The molecule has 0 spiro atoms. The predicted molar refractivity (Wildman–Crippen MR) is 69.6 cm³/mol. The Kier molecular flexibility index (Phi) is 4.00. The zero-order valence-electron chi connectivity index (χ0n) is 11.1. The summed E-state index contributed by atoms with van der Waals surface area (Å²) in [6, 6.07) is 4.84. The van der Waals surface area contributed by atoms with E-state index in [1.807, 2.05) is 0 Å². The van der Waals surface area contributed by atoms with Gasteiger partial charge < -0.3 is 10.5 Å². The van der Waals surface area contributed by atoms with Gasteiger partial charge in [0.1, 0.15) is 5.82 Å². The molecule has 0 unspecified atom stereocenters. The maximum atomic E-state index is 13.3. The van der Waals surface area contributed by atoms with Gasteiger partial charge in [0.05, 0.1) is 13.2 Å². The molecule has 2 rings (SSSR count). The van der Waals surface area contributed by atoms with Crippen LogP contribution in [0.4, 0.5) is 4.39 Å². The Bertz CT molecular complexity index is 420. The highest BCUT2D eigenvalue weighted by molar-refractivity contribution is 5.28. The standard InChI is InChI=1S/C14H21FN2O/c1-14(2)10-18-6-5-17(14)9-12-7-13(15)4-3-11(12)8-16/h3-4,7H,5-6,8-10,16H2,1-2H3. The van der Waals surface area contributed by atoms with Crippen LogP contribution in [0.3, 0.4) is 0 Å². The summed E-state index contributed by atoms with van der Waals surface area (Å²) in [7, 11) is 0. The minimum atomic E-state index is -0.201. The highest BCUT2D eigenvalue weighted by Gasteiger charge is 2.30. The van der Waals surface area contributed by atoms with Crippen molar-refractivity contribution in [2.75, 3.05) is 19.8 Å². The summed E-state index contributed by atoms with van der Waals surface area (Å²) in [4.78, 5) is 2.32. The lowest BCUT2D eigenvalue weighted by Gasteiger charge is -2.42. The summed E-state index contributed by atoms with van der Waals surface area (Å²) in [5, 5.41) is 0. The quantitative estimate of drug-likeness (QED) is 0.893. The number of ether oxygens (including phenoxy) is 1. The fraction of sp³-hybridized carbons (Fsp3) is 0.571. The second-order valence-electron chi connectivity index (χ2n) is 5.40. The summed E-state index contributed by atoms with van der Waals surface area (Å²) >= 11 is 0. The highest BCUT2D eigenvalue weighted by Crippen LogP contribution is 2.23. The lowest BCUT2D eigenvalue weighted by Crippen LogP contribution is -2.52. The van der Waals surface area contributed by atoms with Crippen molar-refractivity contribution in [1.29, 1.82) is 0 Å². The van der Waals surface area contributed by atoms with Crippen molar-refractivity contribution in [3.05, 3.63) is 35.1 Å². The maximum Gasteiger partial charge on any atom is 0.123 e. The van der Waals surface area contributed by atoms with Crippen LogP contribution in [0.25, 0.3) is 0 Å². The van der Waals surface area contributed by atoms with Gasteiger partial charge in [-0.05, 0) is 37.1 Å². The molecule has 18 heavy (non-hydrogen) atoms. The molecule has 1 aliphatic rings. The maximum absolute atomic E-state index is 13.3. The Hall–Kier alpha value is -0.970. The zero-order chi connectivity index (χ0) is 13.2.